The lowest BCUT2D eigenvalue weighted by Gasteiger charge is -2.40. The van der Waals surface area contributed by atoms with Gasteiger partial charge < -0.3 is 50.3 Å². The van der Waals surface area contributed by atoms with E-state index in [1.165, 1.54) is 30.3 Å². The maximum atomic E-state index is 11.7. The van der Waals surface area contributed by atoms with E-state index in [9.17, 15) is 40.9 Å². The lowest BCUT2D eigenvalue weighted by atomic mass is 9.77. The molecule has 10 nitrogen and oxygen atoms in total. The fraction of sp³-hybridized carbons (Fsp3) is 0.200. The number of ether oxygens (including phenoxy) is 2. The molecule has 0 amide bonds. The summed E-state index contributed by atoms with van der Waals surface area (Å²) in [6.45, 7) is 0. The van der Waals surface area contributed by atoms with Gasteiger partial charge in [-0.05, 0) is 35.4 Å². The van der Waals surface area contributed by atoms with Gasteiger partial charge in [-0.1, -0.05) is 24.3 Å². The fourth-order valence-electron chi connectivity index (χ4n) is 5.60. The summed E-state index contributed by atoms with van der Waals surface area (Å²) in [6.07, 6.45) is -4.61. The zero-order valence-corrected chi connectivity index (χ0v) is 20.8. The Balaban J connectivity index is 1.55. The van der Waals surface area contributed by atoms with E-state index in [4.69, 9.17) is 9.47 Å². The number of aromatic hydroxyl groups is 6. The first kappa shape index (κ1) is 25.5. The summed E-state index contributed by atoms with van der Waals surface area (Å²) in [4.78, 5) is 0. The Kier molecular flexibility index (Phi) is 6.01. The monoisotopic (exact) mass is 546 g/mol. The van der Waals surface area contributed by atoms with E-state index in [1.807, 2.05) is 0 Å². The summed E-state index contributed by atoms with van der Waals surface area (Å²) >= 11 is 0. The Morgan fingerprint density at radius 2 is 1.15 bits per heavy atom. The number of aliphatic hydroxyl groups excluding tert-OH is 2. The molecule has 0 saturated heterocycles. The number of phenolic OH excluding ortho intramolecular Hbond substituents is 6. The average molecular weight is 547 g/mol. The van der Waals surface area contributed by atoms with Crippen molar-refractivity contribution < 1.29 is 50.3 Å². The van der Waals surface area contributed by atoms with Crippen LogP contribution in [-0.4, -0.2) is 53.1 Å². The van der Waals surface area contributed by atoms with Crippen LogP contribution in [0.25, 0.3) is 0 Å². The van der Waals surface area contributed by atoms with Gasteiger partial charge in [-0.2, -0.15) is 0 Å². The third-order valence-corrected chi connectivity index (χ3v) is 7.46. The molecule has 0 saturated carbocycles. The van der Waals surface area contributed by atoms with Gasteiger partial charge in [0.2, 0.25) is 0 Å². The van der Waals surface area contributed by atoms with Crippen molar-refractivity contribution in [1.29, 1.82) is 0 Å². The van der Waals surface area contributed by atoms with E-state index in [1.54, 1.807) is 24.3 Å². The number of fused-ring (bicyclic) bond motifs is 2. The molecule has 4 aromatic rings. The minimum absolute atomic E-state index is 0.00114. The van der Waals surface area contributed by atoms with Gasteiger partial charge in [-0.15, -0.1) is 0 Å². The van der Waals surface area contributed by atoms with Crippen LogP contribution in [0, 0.1) is 0 Å². The van der Waals surface area contributed by atoms with E-state index in [-0.39, 0.29) is 57.6 Å². The summed E-state index contributed by atoms with van der Waals surface area (Å²) in [7, 11) is 0. The number of benzene rings is 4. The molecule has 0 radical (unpaired) electrons. The lowest BCUT2D eigenvalue weighted by molar-refractivity contribution is 0.00124. The first-order chi connectivity index (χ1) is 19.1. The molecule has 2 heterocycles. The Morgan fingerprint density at radius 3 is 1.77 bits per heavy atom. The molecular formula is C30H26O10. The minimum atomic E-state index is -1.44. The van der Waals surface area contributed by atoms with Crippen molar-refractivity contribution in [2.75, 3.05) is 0 Å². The van der Waals surface area contributed by atoms with Crippen LogP contribution in [0.15, 0.2) is 66.7 Å². The first-order valence-corrected chi connectivity index (χ1v) is 12.5. The molecule has 10 heteroatoms. The molecule has 0 unspecified atom stereocenters. The van der Waals surface area contributed by atoms with Crippen LogP contribution in [0.5, 0.6) is 46.0 Å². The highest BCUT2D eigenvalue weighted by atomic mass is 16.5. The van der Waals surface area contributed by atoms with Gasteiger partial charge in [0.1, 0.15) is 58.2 Å². The van der Waals surface area contributed by atoms with Crippen LogP contribution >= 0.6 is 0 Å². The molecule has 0 bridgehead atoms. The van der Waals surface area contributed by atoms with Gasteiger partial charge in [0.25, 0.3) is 0 Å². The van der Waals surface area contributed by atoms with Crippen molar-refractivity contribution in [1.82, 2.24) is 0 Å². The Morgan fingerprint density at radius 1 is 0.575 bits per heavy atom. The third kappa shape index (κ3) is 4.14. The van der Waals surface area contributed by atoms with E-state index in [0.29, 0.717) is 11.1 Å². The first-order valence-electron chi connectivity index (χ1n) is 12.5. The van der Waals surface area contributed by atoms with E-state index >= 15 is 0 Å². The number of phenols is 6. The molecule has 2 aliphatic heterocycles. The van der Waals surface area contributed by atoms with Gasteiger partial charge in [0, 0.05) is 41.3 Å². The maximum Gasteiger partial charge on any atom is 0.150 e. The molecule has 0 fully saturated rings. The Hall–Kier alpha value is -4.80. The Labute approximate surface area is 227 Å². The number of aliphatic hydroxyl groups is 2. The molecule has 206 valence electrons. The molecule has 0 spiro atoms. The van der Waals surface area contributed by atoms with Gasteiger partial charge in [-0.25, -0.2) is 0 Å². The zero-order valence-electron chi connectivity index (χ0n) is 20.8. The van der Waals surface area contributed by atoms with Gasteiger partial charge in [-0.3, -0.25) is 0 Å². The van der Waals surface area contributed by atoms with Gasteiger partial charge in [0.05, 0.1) is 12.0 Å². The summed E-state index contributed by atoms with van der Waals surface area (Å²) in [5, 5.41) is 85.1. The molecule has 8 N–H and O–H groups in total. The fourth-order valence-corrected chi connectivity index (χ4v) is 5.60. The molecule has 0 aliphatic carbocycles. The maximum absolute atomic E-state index is 11.7. The van der Waals surface area contributed by atoms with Crippen molar-refractivity contribution in [2.24, 2.45) is 0 Å². The van der Waals surface area contributed by atoms with Crippen LogP contribution in [0.1, 0.15) is 45.9 Å². The molecular weight excluding hydrogens is 520 g/mol. The second-order valence-electron chi connectivity index (χ2n) is 10.0. The van der Waals surface area contributed by atoms with Crippen molar-refractivity contribution in [3.63, 3.8) is 0 Å². The SMILES string of the molecule is Oc1ccc([C@H]2Oc3cc(O)cc(O)c3[C@@H](c3c(O)cc(O)c4c3O[C@H](c3ccc(O)cc3)[C@H](O)C4)[C@@H]2O)cc1. The van der Waals surface area contributed by atoms with Gasteiger partial charge in [0.15, 0.2) is 6.10 Å². The molecule has 6 rings (SSSR count). The lowest BCUT2D eigenvalue weighted by Crippen LogP contribution is -2.36. The summed E-state index contributed by atoms with van der Waals surface area (Å²) < 4.78 is 12.3. The van der Waals surface area contributed by atoms with Crippen LogP contribution < -0.4 is 9.47 Å². The summed E-state index contributed by atoms with van der Waals surface area (Å²) in [6, 6.07) is 15.4. The third-order valence-electron chi connectivity index (χ3n) is 7.46. The normalized spacial score (nSPS) is 23.4. The number of hydrogen-bond donors (Lipinski definition) is 8. The van der Waals surface area contributed by atoms with Crippen molar-refractivity contribution in [2.45, 2.75) is 36.8 Å². The molecule has 2 aliphatic rings. The predicted molar refractivity (Wildman–Crippen MR) is 140 cm³/mol. The van der Waals surface area contributed by atoms with Crippen LogP contribution in [0.3, 0.4) is 0 Å². The standard InChI is InChI=1S/C30H26O10/c31-15-5-1-13(2-6-15)28-22(37)11-18-19(34)12-21(36)25(30(18)40-28)26-24-20(35)9-17(33)10-23(24)39-29(27(26)38)14-3-7-16(32)8-4-14/h1-10,12,22,26-29,31-38H,11H2/t22-,26+,27+,28-,29-/m1/s1. The van der Waals surface area contributed by atoms with Crippen LogP contribution in [0.2, 0.25) is 0 Å². The summed E-state index contributed by atoms with van der Waals surface area (Å²) in [5.41, 5.74) is 1.28. The predicted octanol–water partition coefficient (Wildman–Crippen LogP) is 3.58. The van der Waals surface area contributed by atoms with Crippen LogP contribution in [-0.2, 0) is 6.42 Å². The highest BCUT2D eigenvalue weighted by molar-refractivity contribution is 5.65. The number of rotatable bonds is 3. The van der Waals surface area contributed by atoms with Crippen molar-refractivity contribution >= 4 is 0 Å². The quantitative estimate of drug-likeness (QED) is 0.189. The smallest absolute Gasteiger partial charge is 0.150 e. The second kappa shape index (κ2) is 9.44. The van der Waals surface area contributed by atoms with E-state index in [0.717, 1.165) is 12.1 Å². The second-order valence-corrected chi connectivity index (χ2v) is 10.0. The molecule has 0 aromatic heterocycles. The molecule has 40 heavy (non-hydrogen) atoms. The van der Waals surface area contributed by atoms with E-state index in [2.05, 4.69) is 0 Å². The highest BCUT2D eigenvalue weighted by Crippen LogP contribution is 2.57. The Bertz CT molecular complexity index is 1580. The summed E-state index contributed by atoms with van der Waals surface area (Å²) in [5.74, 6) is -2.59. The van der Waals surface area contributed by atoms with Crippen molar-refractivity contribution in [3.8, 4) is 46.0 Å². The van der Waals surface area contributed by atoms with Gasteiger partial charge >= 0.3 is 0 Å². The highest BCUT2D eigenvalue weighted by Gasteiger charge is 2.46. The minimum Gasteiger partial charge on any atom is -0.508 e. The van der Waals surface area contributed by atoms with E-state index < -0.39 is 41.8 Å². The largest absolute Gasteiger partial charge is 0.508 e. The average Bonchev–Trinajstić information content (AvgIpc) is 2.91. The van der Waals surface area contributed by atoms with Crippen molar-refractivity contribution in [3.05, 3.63) is 94.5 Å². The zero-order chi connectivity index (χ0) is 28.3. The molecule has 5 atom stereocenters. The molecule has 4 aromatic carbocycles. The van der Waals surface area contributed by atoms with Crippen LogP contribution in [0.4, 0.5) is 0 Å². The topological polar surface area (TPSA) is 180 Å². The number of hydrogen-bond acceptors (Lipinski definition) is 10.